The Hall–Kier alpha value is -1.48. The number of hydrogen-bond acceptors (Lipinski definition) is 1. The van der Waals surface area contributed by atoms with Crippen molar-refractivity contribution in [1.82, 2.24) is 9.88 Å². The van der Waals surface area contributed by atoms with Crippen LogP contribution in [0.5, 0.6) is 0 Å². The van der Waals surface area contributed by atoms with Crippen LogP contribution in [0.2, 0.25) is 5.02 Å². The van der Waals surface area contributed by atoms with E-state index in [2.05, 4.69) is 5.32 Å². The molecule has 0 aliphatic rings. The molecule has 78 valence electrons. The molecule has 0 aliphatic heterocycles. The fourth-order valence-electron chi connectivity index (χ4n) is 1.65. The Kier molecular flexibility index (Phi) is 2.40. The van der Waals surface area contributed by atoms with Gasteiger partial charge in [-0.15, -0.1) is 0 Å². The van der Waals surface area contributed by atoms with Gasteiger partial charge in [0.15, 0.2) is 0 Å². The molecule has 3 nitrogen and oxygen atoms in total. The number of halogens is 1. The first-order valence-electron chi connectivity index (χ1n) is 4.60. The predicted molar refractivity (Wildman–Crippen MR) is 61.3 cm³/mol. The molecule has 0 bridgehead atoms. The first-order valence-corrected chi connectivity index (χ1v) is 4.98. The molecule has 0 radical (unpaired) electrons. The first kappa shape index (κ1) is 10.1. The Labute approximate surface area is 92.6 Å². The molecular formula is C11H11ClN2O. The topological polar surface area (TPSA) is 34.0 Å². The summed E-state index contributed by atoms with van der Waals surface area (Å²) >= 11 is 5.90. The van der Waals surface area contributed by atoms with Gasteiger partial charge in [0.25, 0.3) is 5.91 Å². The molecule has 0 aliphatic carbocycles. The maximum atomic E-state index is 11.5. The molecule has 0 fully saturated rings. The van der Waals surface area contributed by atoms with Crippen molar-refractivity contribution in [1.29, 1.82) is 0 Å². The molecule has 1 N–H and O–H groups in total. The minimum atomic E-state index is -0.0928. The van der Waals surface area contributed by atoms with E-state index in [0.29, 0.717) is 10.7 Å². The lowest BCUT2D eigenvalue weighted by molar-refractivity contribution is 0.0955. The summed E-state index contributed by atoms with van der Waals surface area (Å²) in [5.74, 6) is -0.0928. The van der Waals surface area contributed by atoms with Gasteiger partial charge in [-0.25, -0.2) is 0 Å². The lowest BCUT2D eigenvalue weighted by atomic mass is 10.2. The SMILES string of the molecule is CNC(=O)c1cc2ccc(Cl)cc2n1C. The lowest BCUT2D eigenvalue weighted by Crippen LogP contribution is -2.20. The molecule has 4 heteroatoms. The second-order valence-corrected chi connectivity index (χ2v) is 3.81. The third-order valence-corrected chi connectivity index (χ3v) is 2.70. The van der Waals surface area contributed by atoms with Crippen LogP contribution in [0.25, 0.3) is 10.9 Å². The summed E-state index contributed by atoms with van der Waals surface area (Å²) in [6.07, 6.45) is 0. The Morgan fingerprint density at radius 2 is 2.13 bits per heavy atom. The lowest BCUT2D eigenvalue weighted by Gasteiger charge is -2.02. The summed E-state index contributed by atoms with van der Waals surface area (Å²) in [4.78, 5) is 11.5. The summed E-state index contributed by atoms with van der Waals surface area (Å²) in [5, 5.41) is 4.29. The van der Waals surface area contributed by atoms with E-state index < -0.39 is 0 Å². The molecule has 0 unspecified atom stereocenters. The van der Waals surface area contributed by atoms with Gasteiger partial charge in [-0.1, -0.05) is 17.7 Å². The number of fused-ring (bicyclic) bond motifs is 1. The van der Waals surface area contributed by atoms with E-state index in [1.165, 1.54) is 0 Å². The fourth-order valence-corrected chi connectivity index (χ4v) is 1.82. The number of aryl methyl sites for hydroxylation is 1. The van der Waals surface area contributed by atoms with Crippen LogP contribution in [0.1, 0.15) is 10.5 Å². The van der Waals surface area contributed by atoms with Crippen LogP contribution in [-0.2, 0) is 7.05 Å². The summed E-state index contributed by atoms with van der Waals surface area (Å²) in [7, 11) is 3.47. The van der Waals surface area contributed by atoms with Gasteiger partial charge >= 0.3 is 0 Å². The van der Waals surface area contributed by atoms with E-state index in [9.17, 15) is 4.79 Å². The Bertz CT molecular complexity index is 531. The zero-order valence-electron chi connectivity index (χ0n) is 8.54. The highest BCUT2D eigenvalue weighted by Gasteiger charge is 2.11. The van der Waals surface area contributed by atoms with E-state index in [1.54, 1.807) is 7.05 Å². The summed E-state index contributed by atoms with van der Waals surface area (Å²) < 4.78 is 1.83. The number of hydrogen-bond donors (Lipinski definition) is 1. The monoisotopic (exact) mass is 222 g/mol. The average molecular weight is 223 g/mol. The van der Waals surface area contributed by atoms with Crippen LogP contribution in [0.15, 0.2) is 24.3 Å². The van der Waals surface area contributed by atoms with Gasteiger partial charge in [0.05, 0.1) is 0 Å². The van der Waals surface area contributed by atoms with Gasteiger partial charge in [-0.3, -0.25) is 4.79 Å². The van der Waals surface area contributed by atoms with Crippen LogP contribution in [-0.4, -0.2) is 17.5 Å². The third kappa shape index (κ3) is 1.59. The maximum Gasteiger partial charge on any atom is 0.267 e. The van der Waals surface area contributed by atoms with Crippen molar-refractivity contribution in [3.63, 3.8) is 0 Å². The highest BCUT2D eigenvalue weighted by molar-refractivity contribution is 6.31. The number of rotatable bonds is 1. The van der Waals surface area contributed by atoms with E-state index in [-0.39, 0.29) is 5.91 Å². The second kappa shape index (κ2) is 3.59. The molecule has 0 saturated carbocycles. The van der Waals surface area contributed by atoms with E-state index >= 15 is 0 Å². The molecule has 1 aromatic heterocycles. The molecule has 1 amide bonds. The number of aromatic nitrogens is 1. The molecule has 2 aromatic rings. The Morgan fingerprint density at radius 1 is 1.40 bits per heavy atom. The molecule has 0 spiro atoms. The number of carbonyl (C=O) groups is 1. The number of nitrogens with zero attached hydrogens (tertiary/aromatic N) is 1. The smallest absolute Gasteiger partial charge is 0.267 e. The van der Waals surface area contributed by atoms with Crippen LogP contribution in [0, 0.1) is 0 Å². The zero-order valence-corrected chi connectivity index (χ0v) is 9.30. The largest absolute Gasteiger partial charge is 0.354 e. The van der Waals surface area contributed by atoms with Crippen LogP contribution < -0.4 is 5.32 Å². The van der Waals surface area contributed by atoms with Crippen molar-refractivity contribution >= 4 is 28.4 Å². The standard InChI is InChI=1S/C11H11ClN2O/c1-13-11(15)10-5-7-3-4-8(12)6-9(7)14(10)2/h3-6H,1-2H3,(H,13,15). The van der Waals surface area contributed by atoms with Crippen molar-refractivity contribution < 1.29 is 4.79 Å². The van der Waals surface area contributed by atoms with Crippen molar-refractivity contribution in [3.05, 3.63) is 35.0 Å². The van der Waals surface area contributed by atoms with Crippen molar-refractivity contribution in [2.24, 2.45) is 7.05 Å². The molecule has 0 saturated heterocycles. The van der Waals surface area contributed by atoms with Gasteiger partial charge in [0.2, 0.25) is 0 Å². The summed E-state index contributed by atoms with van der Waals surface area (Å²) in [5.41, 5.74) is 1.59. The normalized spacial score (nSPS) is 10.6. The number of benzene rings is 1. The van der Waals surface area contributed by atoms with Gasteiger partial charge in [0, 0.05) is 30.0 Å². The van der Waals surface area contributed by atoms with Gasteiger partial charge in [-0.2, -0.15) is 0 Å². The fraction of sp³-hybridized carbons (Fsp3) is 0.182. The van der Waals surface area contributed by atoms with E-state index in [4.69, 9.17) is 11.6 Å². The van der Waals surface area contributed by atoms with E-state index in [0.717, 1.165) is 10.9 Å². The highest BCUT2D eigenvalue weighted by Crippen LogP contribution is 2.22. The third-order valence-electron chi connectivity index (χ3n) is 2.47. The van der Waals surface area contributed by atoms with Gasteiger partial charge in [0.1, 0.15) is 5.69 Å². The van der Waals surface area contributed by atoms with Gasteiger partial charge < -0.3 is 9.88 Å². The number of carbonyl (C=O) groups excluding carboxylic acids is 1. The van der Waals surface area contributed by atoms with Crippen molar-refractivity contribution in [2.75, 3.05) is 7.05 Å². The van der Waals surface area contributed by atoms with Crippen LogP contribution in [0.3, 0.4) is 0 Å². The zero-order chi connectivity index (χ0) is 11.0. The Balaban J connectivity index is 2.69. The predicted octanol–water partition coefficient (Wildman–Crippen LogP) is 2.19. The Morgan fingerprint density at radius 3 is 2.80 bits per heavy atom. The minimum absolute atomic E-state index is 0.0928. The maximum absolute atomic E-state index is 11.5. The molecular weight excluding hydrogens is 212 g/mol. The number of amides is 1. The minimum Gasteiger partial charge on any atom is -0.354 e. The van der Waals surface area contributed by atoms with Gasteiger partial charge in [-0.05, 0) is 18.2 Å². The average Bonchev–Trinajstić information content (AvgIpc) is 2.55. The van der Waals surface area contributed by atoms with E-state index in [1.807, 2.05) is 35.9 Å². The number of nitrogens with one attached hydrogen (secondary N) is 1. The molecule has 1 aromatic carbocycles. The second-order valence-electron chi connectivity index (χ2n) is 3.37. The molecule has 15 heavy (non-hydrogen) atoms. The molecule has 1 heterocycles. The quantitative estimate of drug-likeness (QED) is 0.789. The molecule has 0 atom stereocenters. The highest BCUT2D eigenvalue weighted by atomic mass is 35.5. The summed E-state index contributed by atoms with van der Waals surface area (Å²) in [6, 6.07) is 7.43. The van der Waals surface area contributed by atoms with Crippen molar-refractivity contribution in [3.8, 4) is 0 Å². The molecule has 2 rings (SSSR count). The summed E-state index contributed by atoms with van der Waals surface area (Å²) in [6.45, 7) is 0. The van der Waals surface area contributed by atoms with Crippen LogP contribution in [0.4, 0.5) is 0 Å². The van der Waals surface area contributed by atoms with Crippen molar-refractivity contribution in [2.45, 2.75) is 0 Å². The first-order chi connectivity index (χ1) is 7.13. The van der Waals surface area contributed by atoms with Crippen LogP contribution >= 0.6 is 11.6 Å².